The third kappa shape index (κ3) is 5.98. The molecule has 4 atom stereocenters. The van der Waals surface area contributed by atoms with Crippen molar-refractivity contribution in [1.29, 1.82) is 0 Å². The van der Waals surface area contributed by atoms with Crippen molar-refractivity contribution in [2.75, 3.05) is 6.61 Å². The molecule has 1 aromatic heterocycles. The van der Waals surface area contributed by atoms with Crippen LogP contribution in [0.5, 0.6) is 5.75 Å². The lowest BCUT2D eigenvalue weighted by molar-refractivity contribution is -0.140. The van der Waals surface area contributed by atoms with Crippen LogP contribution in [0.3, 0.4) is 0 Å². The Balaban J connectivity index is 1.43. The summed E-state index contributed by atoms with van der Waals surface area (Å²) in [6.07, 6.45) is 2.02. The van der Waals surface area contributed by atoms with Crippen molar-refractivity contribution in [3.63, 3.8) is 0 Å². The van der Waals surface area contributed by atoms with Gasteiger partial charge in [0.05, 0.1) is 31.1 Å². The van der Waals surface area contributed by atoms with Crippen molar-refractivity contribution in [2.24, 2.45) is 23.7 Å². The predicted octanol–water partition coefficient (Wildman–Crippen LogP) is 6.04. The van der Waals surface area contributed by atoms with Crippen LogP contribution >= 0.6 is 11.3 Å². The first-order chi connectivity index (χ1) is 20.2. The summed E-state index contributed by atoms with van der Waals surface area (Å²) in [5.41, 5.74) is 3.95. The summed E-state index contributed by atoms with van der Waals surface area (Å²) >= 11 is 1.49. The standard InChI is InChI=1S/C34H36FNO5S/c1-20(2)25-17-26-32(34(41)36(33(26)40)18-24-9-6-14-42-24)27(19-37)31(25)30(39)13-11-23(22-7-4-3-5-8-22)15-21-10-12-29(38)28(35)16-21/h3-10,12,14-16,20,26-27,30,32,37-39H,11,13,17-19H2,1-2H3/b23-15-/t26-,27+,30-,32-/m1/s1. The smallest absolute Gasteiger partial charge is 0.234 e. The third-order valence-corrected chi connectivity index (χ3v) is 9.36. The minimum atomic E-state index is -0.946. The van der Waals surface area contributed by atoms with Gasteiger partial charge in [-0.05, 0) is 71.0 Å². The number of thiophene rings is 1. The highest BCUT2D eigenvalue weighted by molar-refractivity contribution is 7.09. The van der Waals surface area contributed by atoms with Crippen LogP contribution in [0.4, 0.5) is 4.39 Å². The topological polar surface area (TPSA) is 98.1 Å². The number of carbonyl (C=O) groups excluding carboxylic acids is 2. The van der Waals surface area contributed by atoms with Crippen molar-refractivity contribution in [2.45, 2.75) is 45.8 Å². The van der Waals surface area contributed by atoms with E-state index < -0.39 is 35.4 Å². The number of phenols is 1. The van der Waals surface area contributed by atoms with E-state index in [9.17, 15) is 29.3 Å². The average Bonchev–Trinajstić information content (AvgIpc) is 3.59. The SMILES string of the molecule is CC(C)C1=C([C@H](O)CC/C(=C/c2ccc(O)c(F)c2)c2ccccc2)[C@H](CO)[C@@H]2C(=O)N(Cc3cccs3)C(=O)[C@@H]2C1. The molecular formula is C34H36FNO5S. The van der Waals surface area contributed by atoms with E-state index in [1.807, 2.05) is 67.8 Å². The Morgan fingerprint density at radius 2 is 1.86 bits per heavy atom. The number of phenolic OH excluding ortho intramolecular Hbond substituents is 1. The Bertz CT molecular complexity index is 1500. The maximum atomic E-state index is 14.1. The summed E-state index contributed by atoms with van der Waals surface area (Å²) in [5, 5.41) is 33.8. The number of aliphatic hydroxyl groups excluding tert-OH is 2. The number of amides is 2. The number of hydrogen-bond donors (Lipinski definition) is 3. The average molecular weight is 590 g/mol. The molecule has 0 radical (unpaired) electrons. The number of nitrogens with zero attached hydrogens (tertiary/aromatic N) is 1. The molecule has 2 amide bonds. The highest BCUT2D eigenvalue weighted by Gasteiger charge is 2.55. The summed E-state index contributed by atoms with van der Waals surface area (Å²) in [5.74, 6) is -3.53. The highest BCUT2D eigenvalue weighted by Crippen LogP contribution is 2.48. The molecule has 1 saturated heterocycles. The molecule has 0 unspecified atom stereocenters. The molecule has 1 aliphatic carbocycles. The number of hydrogen-bond acceptors (Lipinski definition) is 6. The van der Waals surface area contributed by atoms with E-state index in [0.717, 1.165) is 21.6 Å². The molecule has 0 spiro atoms. The van der Waals surface area contributed by atoms with Crippen LogP contribution in [-0.4, -0.2) is 44.7 Å². The Hall–Kier alpha value is -3.59. The van der Waals surface area contributed by atoms with Crippen LogP contribution in [-0.2, 0) is 16.1 Å². The molecule has 2 aromatic carbocycles. The third-order valence-electron chi connectivity index (χ3n) is 8.50. The highest BCUT2D eigenvalue weighted by atomic mass is 32.1. The molecule has 8 heteroatoms. The molecule has 0 bridgehead atoms. The van der Waals surface area contributed by atoms with Gasteiger partial charge in [0.2, 0.25) is 11.8 Å². The molecule has 3 aromatic rings. The molecule has 1 aliphatic heterocycles. The van der Waals surface area contributed by atoms with Gasteiger partial charge in [-0.3, -0.25) is 14.5 Å². The van der Waals surface area contributed by atoms with Gasteiger partial charge in [0, 0.05) is 10.8 Å². The molecule has 2 aliphatic rings. The molecule has 6 nitrogen and oxygen atoms in total. The van der Waals surface area contributed by atoms with E-state index >= 15 is 0 Å². The first-order valence-electron chi connectivity index (χ1n) is 14.3. The van der Waals surface area contributed by atoms with Gasteiger partial charge in [0.1, 0.15) is 0 Å². The van der Waals surface area contributed by atoms with Gasteiger partial charge in [-0.15, -0.1) is 11.3 Å². The lowest BCUT2D eigenvalue weighted by Gasteiger charge is -2.38. The number of aromatic hydroxyl groups is 1. The zero-order chi connectivity index (χ0) is 30.0. The van der Waals surface area contributed by atoms with Crippen molar-refractivity contribution in [3.8, 4) is 5.75 Å². The number of aliphatic hydroxyl groups is 2. The van der Waals surface area contributed by atoms with Gasteiger partial charge in [-0.1, -0.05) is 68.0 Å². The quantitative estimate of drug-likeness (QED) is 0.152. The summed E-state index contributed by atoms with van der Waals surface area (Å²) < 4.78 is 14.1. The van der Waals surface area contributed by atoms with Gasteiger partial charge in [0.25, 0.3) is 0 Å². The fourth-order valence-electron chi connectivity index (χ4n) is 6.44. The summed E-state index contributed by atoms with van der Waals surface area (Å²) in [4.78, 5) is 29.3. The number of imide groups is 1. The van der Waals surface area contributed by atoms with E-state index in [1.54, 1.807) is 6.07 Å². The molecule has 2 heterocycles. The zero-order valence-electron chi connectivity index (χ0n) is 23.7. The summed E-state index contributed by atoms with van der Waals surface area (Å²) in [7, 11) is 0. The van der Waals surface area contributed by atoms with Gasteiger partial charge in [-0.25, -0.2) is 4.39 Å². The molecule has 3 N–H and O–H groups in total. The van der Waals surface area contributed by atoms with Crippen molar-refractivity contribution >= 4 is 34.8 Å². The van der Waals surface area contributed by atoms with Crippen LogP contribution in [0.25, 0.3) is 11.6 Å². The summed E-state index contributed by atoms with van der Waals surface area (Å²) in [6.45, 7) is 3.90. The Kier molecular flexibility index (Phi) is 9.06. The van der Waals surface area contributed by atoms with Crippen LogP contribution < -0.4 is 0 Å². The lowest BCUT2D eigenvalue weighted by Crippen LogP contribution is -2.39. The molecular weight excluding hydrogens is 553 g/mol. The molecule has 0 saturated carbocycles. The maximum Gasteiger partial charge on any atom is 0.234 e. The largest absolute Gasteiger partial charge is 0.505 e. The number of rotatable bonds is 10. The fourth-order valence-corrected chi connectivity index (χ4v) is 7.13. The van der Waals surface area contributed by atoms with Gasteiger partial charge < -0.3 is 15.3 Å². The Morgan fingerprint density at radius 3 is 2.50 bits per heavy atom. The molecule has 5 rings (SSSR count). The first kappa shape index (κ1) is 29.9. The molecule has 42 heavy (non-hydrogen) atoms. The van der Waals surface area contributed by atoms with Crippen molar-refractivity contribution in [1.82, 2.24) is 4.90 Å². The zero-order valence-corrected chi connectivity index (χ0v) is 24.6. The van der Waals surface area contributed by atoms with E-state index in [1.165, 1.54) is 28.4 Å². The number of likely N-dealkylation sites (tertiary alicyclic amines) is 1. The number of fused-ring (bicyclic) bond motifs is 1. The summed E-state index contributed by atoms with van der Waals surface area (Å²) in [6, 6.07) is 17.6. The van der Waals surface area contributed by atoms with E-state index in [2.05, 4.69) is 0 Å². The second-order valence-electron chi connectivity index (χ2n) is 11.4. The molecule has 220 valence electrons. The van der Waals surface area contributed by atoms with Crippen molar-refractivity contribution < 1.29 is 29.3 Å². The second kappa shape index (κ2) is 12.7. The minimum Gasteiger partial charge on any atom is -0.505 e. The second-order valence-corrected chi connectivity index (χ2v) is 12.4. The van der Waals surface area contributed by atoms with Crippen LogP contribution in [0.1, 0.15) is 49.1 Å². The van der Waals surface area contributed by atoms with Gasteiger partial charge in [0.15, 0.2) is 11.6 Å². The lowest BCUT2D eigenvalue weighted by atomic mass is 9.66. The number of allylic oxidation sites excluding steroid dienone is 2. The minimum absolute atomic E-state index is 0.0167. The van der Waals surface area contributed by atoms with Crippen LogP contribution in [0.2, 0.25) is 0 Å². The number of carbonyl (C=O) groups is 2. The number of benzene rings is 2. The maximum absolute atomic E-state index is 14.1. The van der Waals surface area contributed by atoms with Crippen LogP contribution in [0.15, 0.2) is 77.2 Å². The normalized spacial score (nSPS) is 21.8. The van der Waals surface area contributed by atoms with E-state index in [0.29, 0.717) is 30.4 Å². The van der Waals surface area contributed by atoms with Crippen LogP contribution in [0, 0.1) is 29.5 Å². The Morgan fingerprint density at radius 1 is 1.10 bits per heavy atom. The number of halogens is 1. The fraction of sp³-hybridized carbons (Fsp3) is 0.353. The van der Waals surface area contributed by atoms with E-state index in [-0.39, 0.29) is 30.9 Å². The first-order valence-corrected chi connectivity index (χ1v) is 15.2. The van der Waals surface area contributed by atoms with Gasteiger partial charge >= 0.3 is 0 Å². The predicted molar refractivity (Wildman–Crippen MR) is 162 cm³/mol. The molecule has 1 fully saturated rings. The van der Waals surface area contributed by atoms with Gasteiger partial charge in [-0.2, -0.15) is 0 Å². The monoisotopic (exact) mass is 589 g/mol. The van der Waals surface area contributed by atoms with E-state index in [4.69, 9.17) is 0 Å². The van der Waals surface area contributed by atoms with Crippen molar-refractivity contribution in [3.05, 3.63) is 99.0 Å². The Labute approximate surface area is 249 Å².